The van der Waals surface area contributed by atoms with E-state index in [-0.39, 0.29) is 11.9 Å². The van der Waals surface area contributed by atoms with E-state index in [9.17, 15) is 4.79 Å². The van der Waals surface area contributed by atoms with Gasteiger partial charge in [-0.05, 0) is 49.4 Å². The fourth-order valence-corrected chi connectivity index (χ4v) is 3.66. The number of carbonyl (C=O) groups excluding carboxylic acids is 1. The highest BCUT2D eigenvalue weighted by atomic mass is 16.5. The van der Waals surface area contributed by atoms with Crippen LogP contribution >= 0.6 is 0 Å². The Kier molecular flexibility index (Phi) is 5.39. The average Bonchev–Trinajstić information content (AvgIpc) is 3.03. The number of fused-ring (bicyclic) bond motifs is 1. The molecular formula is C18H26N2O3. The maximum atomic E-state index is 12.2. The van der Waals surface area contributed by atoms with Crippen molar-refractivity contribution in [3.8, 4) is 11.5 Å². The van der Waals surface area contributed by atoms with E-state index in [1.807, 2.05) is 24.3 Å². The molecule has 3 atom stereocenters. The highest BCUT2D eigenvalue weighted by molar-refractivity contribution is 5.82. The highest BCUT2D eigenvalue weighted by Gasteiger charge is 2.37. The first-order valence-electron chi connectivity index (χ1n) is 8.57. The summed E-state index contributed by atoms with van der Waals surface area (Å²) in [7, 11) is 1.64. The van der Waals surface area contributed by atoms with Crippen molar-refractivity contribution in [2.45, 2.75) is 44.2 Å². The maximum Gasteiger partial charge on any atom is 0.237 e. The summed E-state index contributed by atoms with van der Waals surface area (Å²) in [5.41, 5.74) is 0. The molecule has 0 bridgehead atoms. The van der Waals surface area contributed by atoms with Gasteiger partial charge >= 0.3 is 0 Å². The Labute approximate surface area is 137 Å². The van der Waals surface area contributed by atoms with Crippen LogP contribution in [0.1, 0.15) is 32.1 Å². The number of hydrogen-bond acceptors (Lipinski definition) is 4. The van der Waals surface area contributed by atoms with E-state index in [2.05, 4.69) is 10.6 Å². The van der Waals surface area contributed by atoms with Crippen LogP contribution in [-0.4, -0.2) is 38.3 Å². The van der Waals surface area contributed by atoms with E-state index in [1.165, 1.54) is 25.7 Å². The van der Waals surface area contributed by atoms with E-state index >= 15 is 0 Å². The Morgan fingerprint density at radius 1 is 1.22 bits per heavy atom. The zero-order valence-electron chi connectivity index (χ0n) is 13.7. The van der Waals surface area contributed by atoms with Gasteiger partial charge in [0.05, 0.1) is 19.7 Å². The van der Waals surface area contributed by atoms with Crippen LogP contribution in [0.3, 0.4) is 0 Å². The Morgan fingerprint density at radius 2 is 1.96 bits per heavy atom. The molecule has 2 N–H and O–H groups in total. The molecule has 2 fully saturated rings. The van der Waals surface area contributed by atoms with Gasteiger partial charge in [-0.1, -0.05) is 12.8 Å². The van der Waals surface area contributed by atoms with Crippen molar-refractivity contribution in [3.05, 3.63) is 24.3 Å². The Balaban J connectivity index is 1.36. The van der Waals surface area contributed by atoms with Crippen molar-refractivity contribution >= 4 is 5.91 Å². The molecule has 1 saturated carbocycles. The van der Waals surface area contributed by atoms with E-state index in [1.54, 1.807) is 7.11 Å². The lowest BCUT2D eigenvalue weighted by Gasteiger charge is -2.24. The number of methoxy groups -OCH3 is 1. The van der Waals surface area contributed by atoms with Gasteiger partial charge in [-0.25, -0.2) is 0 Å². The molecule has 5 nitrogen and oxygen atoms in total. The molecule has 0 radical (unpaired) electrons. The molecule has 0 spiro atoms. The summed E-state index contributed by atoms with van der Waals surface area (Å²) in [6.45, 7) is 0.996. The molecule has 1 aromatic rings. The lowest BCUT2D eigenvalue weighted by Crippen LogP contribution is -2.44. The van der Waals surface area contributed by atoms with Crippen LogP contribution in [0.5, 0.6) is 11.5 Å². The van der Waals surface area contributed by atoms with E-state index in [0.717, 1.165) is 17.9 Å². The van der Waals surface area contributed by atoms with Gasteiger partial charge in [0.15, 0.2) is 0 Å². The smallest absolute Gasteiger partial charge is 0.237 e. The van der Waals surface area contributed by atoms with Crippen LogP contribution in [0.4, 0.5) is 0 Å². The first-order chi connectivity index (χ1) is 11.3. The number of nitrogens with one attached hydrogen (secondary N) is 2. The van der Waals surface area contributed by atoms with Crippen LogP contribution in [0.25, 0.3) is 0 Å². The Morgan fingerprint density at radius 3 is 2.70 bits per heavy atom. The van der Waals surface area contributed by atoms with Gasteiger partial charge in [0.25, 0.3) is 0 Å². The van der Waals surface area contributed by atoms with Gasteiger partial charge < -0.3 is 20.1 Å². The fourth-order valence-electron chi connectivity index (χ4n) is 3.66. The summed E-state index contributed by atoms with van der Waals surface area (Å²) < 4.78 is 10.7. The van der Waals surface area contributed by atoms with Crippen LogP contribution < -0.4 is 20.1 Å². The lowest BCUT2D eigenvalue weighted by atomic mass is 9.85. The second kappa shape index (κ2) is 7.68. The summed E-state index contributed by atoms with van der Waals surface area (Å²) >= 11 is 0. The van der Waals surface area contributed by atoms with Crippen LogP contribution in [0, 0.1) is 5.92 Å². The zero-order valence-corrected chi connectivity index (χ0v) is 13.7. The molecule has 1 heterocycles. The number of rotatable bonds is 6. The minimum absolute atomic E-state index is 0.0240. The quantitative estimate of drug-likeness (QED) is 0.789. The third-order valence-electron chi connectivity index (χ3n) is 4.91. The molecular weight excluding hydrogens is 292 g/mol. The third kappa shape index (κ3) is 4.16. The summed E-state index contributed by atoms with van der Waals surface area (Å²) in [4.78, 5) is 12.2. The monoisotopic (exact) mass is 318 g/mol. The highest BCUT2D eigenvalue weighted by Crippen LogP contribution is 2.33. The molecule has 1 amide bonds. The molecule has 1 saturated heterocycles. The summed E-state index contributed by atoms with van der Waals surface area (Å²) in [5.74, 6) is 2.39. The minimum atomic E-state index is -0.0240. The van der Waals surface area contributed by atoms with Gasteiger partial charge in [0, 0.05) is 6.04 Å². The Bertz CT molecular complexity index is 504. The first kappa shape index (κ1) is 16.1. The molecule has 0 aromatic heterocycles. The predicted octanol–water partition coefficient (Wildman–Crippen LogP) is 2.11. The summed E-state index contributed by atoms with van der Waals surface area (Å²) in [6, 6.07) is 7.98. The van der Waals surface area contributed by atoms with Crippen LogP contribution in [0.15, 0.2) is 24.3 Å². The molecule has 3 rings (SSSR count). The fraction of sp³-hybridized carbons (Fsp3) is 0.611. The average molecular weight is 318 g/mol. The number of ether oxygens (including phenoxy) is 2. The zero-order chi connectivity index (χ0) is 16.1. The molecule has 1 aliphatic heterocycles. The normalized spacial score (nSPS) is 26.4. The maximum absolute atomic E-state index is 12.2. The van der Waals surface area contributed by atoms with Crippen molar-refractivity contribution < 1.29 is 14.3 Å². The molecule has 5 heteroatoms. The first-order valence-corrected chi connectivity index (χ1v) is 8.57. The van der Waals surface area contributed by atoms with Gasteiger partial charge in [0.2, 0.25) is 5.91 Å². The van der Waals surface area contributed by atoms with Gasteiger partial charge in [-0.3, -0.25) is 4.79 Å². The molecule has 1 aliphatic carbocycles. The van der Waals surface area contributed by atoms with E-state index in [0.29, 0.717) is 25.1 Å². The van der Waals surface area contributed by atoms with Crippen molar-refractivity contribution in [3.63, 3.8) is 0 Å². The molecule has 3 unspecified atom stereocenters. The summed E-state index contributed by atoms with van der Waals surface area (Å²) in [6.07, 6.45) is 6.07. The SMILES string of the molecule is COc1ccc(OCCNC(=O)C2CC3CCCCC3N2)cc1. The topological polar surface area (TPSA) is 59.6 Å². The number of carbonyl (C=O) groups is 1. The molecule has 1 aromatic carbocycles. The second-order valence-corrected chi connectivity index (χ2v) is 6.42. The number of benzene rings is 1. The largest absolute Gasteiger partial charge is 0.497 e. The van der Waals surface area contributed by atoms with Crippen molar-refractivity contribution in [1.29, 1.82) is 0 Å². The standard InChI is InChI=1S/C18H26N2O3/c1-22-14-6-8-15(9-7-14)23-11-10-19-18(21)17-12-13-4-2-3-5-16(13)20-17/h6-9,13,16-17,20H,2-5,10-12H2,1H3,(H,19,21). The van der Waals surface area contributed by atoms with Gasteiger partial charge in [-0.15, -0.1) is 0 Å². The van der Waals surface area contributed by atoms with Gasteiger partial charge in [-0.2, -0.15) is 0 Å². The lowest BCUT2D eigenvalue weighted by molar-refractivity contribution is -0.123. The third-order valence-corrected chi connectivity index (χ3v) is 4.91. The Hall–Kier alpha value is -1.75. The molecule has 23 heavy (non-hydrogen) atoms. The van der Waals surface area contributed by atoms with Gasteiger partial charge in [0.1, 0.15) is 18.1 Å². The van der Waals surface area contributed by atoms with Crippen molar-refractivity contribution in [2.75, 3.05) is 20.3 Å². The molecule has 126 valence electrons. The van der Waals surface area contributed by atoms with Crippen molar-refractivity contribution in [1.82, 2.24) is 10.6 Å². The van der Waals surface area contributed by atoms with Crippen LogP contribution in [-0.2, 0) is 4.79 Å². The van der Waals surface area contributed by atoms with E-state index in [4.69, 9.17) is 9.47 Å². The number of hydrogen-bond donors (Lipinski definition) is 2. The van der Waals surface area contributed by atoms with E-state index < -0.39 is 0 Å². The summed E-state index contributed by atoms with van der Waals surface area (Å²) in [5, 5.41) is 6.47. The van der Waals surface area contributed by atoms with Crippen molar-refractivity contribution in [2.24, 2.45) is 5.92 Å². The minimum Gasteiger partial charge on any atom is -0.497 e. The predicted molar refractivity (Wildman–Crippen MR) is 88.8 cm³/mol. The second-order valence-electron chi connectivity index (χ2n) is 6.42. The number of amides is 1. The molecule has 2 aliphatic rings. The van der Waals surface area contributed by atoms with Crippen LogP contribution in [0.2, 0.25) is 0 Å².